The molecule has 1 N–H and O–H groups in total. The van der Waals surface area contributed by atoms with E-state index in [0.29, 0.717) is 50.8 Å². The number of hydrogen-bond donors (Lipinski definition) is 1. The Morgan fingerprint density at radius 2 is 1.43 bits per heavy atom. The zero-order valence-electron chi connectivity index (χ0n) is 49.8. The minimum atomic E-state index is -0.908. The third-order valence-electron chi connectivity index (χ3n) is 16.8. The van der Waals surface area contributed by atoms with Gasteiger partial charge >= 0.3 is 6.09 Å². The molecule has 0 aromatic heterocycles. The van der Waals surface area contributed by atoms with E-state index in [1.165, 1.54) is 28.6 Å². The number of ketones is 3. The van der Waals surface area contributed by atoms with E-state index in [9.17, 15) is 43.5 Å². The monoisotopic (exact) mass is 1120 g/mol. The van der Waals surface area contributed by atoms with Crippen LogP contribution < -0.4 is 0 Å². The number of methoxy groups -OCH3 is 2. The normalized spacial score (nSPS) is 19.6. The van der Waals surface area contributed by atoms with Crippen LogP contribution in [-0.2, 0) is 60.8 Å². The first kappa shape index (κ1) is 66.5. The van der Waals surface area contributed by atoms with Crippen LogP contribution in [0.25, 0.3) is 0 Å². The van der Waals surface area contributed by atoms with Crippen molar-refractivity contribution in [2.45, 2.75) is 181 Å². The van der Waals surface area contributed by atoms with Crippen molar-refractivity contribution in [3.8, 4) is 0 Å². The standard InChI is InChI=1S/C62H94N4O12S/c1-15-40(6)56(50(76-12)35-52(69)65-32-22-26-48(65)59(77-13)42(8)49(68)33-41(7)57(71)46-23-18-16-19-24-46)63(10)61(74)54(38(2)3)43(9)58(72)55(39(4)5)64(11)62(75)78-37-45-29-27-44(28-30-45)34-47(67)25-20-17-21-31-66-53(70)36-51(79-14)60(66)73/h16,18-19,23-24,27-30,38-43,48,50-51,54-57,59,71H,15,17,20-22,25-26,31-37H2,1-14H3/t40-,41-,42-,43?,48-,50+,51?,54+,55-,56-,57+,59+/m0/s1. The fourth-order valence-electron chi connectivity index (χ4n) is 11.9. The molecule has 2 unspecified atom stereocenters. The first-order chi connectivity index (χ1) is 37.4. The molecule has 2 aliphatic rings. The molecule has 0 bridgehead atoms. The van der Waals surface area contributed by atoms with Gasteiger partial charge in [0.1, 0.15) is 18.2 Å². The van der Waals surface area contributed by atoms with Crippen LogP contribution in [0.3, 0.4) is 0 Å². The van der Waals surface area contributed by atoms with Gasteiger partial charge in [-0.15, -0.1) is 0 Å². The number of likely N-dealkylation sites (tertiary alicyclic amines) is 2. The predicted octanol–water partition coefficient (Wildman–Crippen LogP) is 9.17. The van der Waals surface area contributed by atoms with E-state index in [1.54, 1.807) is 50.1 Å². The van der Waals surface area contributed by atoms with Gasteiger partial charge in [-0.1, -0.05) is 130 Å². The van der Waals surface area contributed by atoms with Gasteiger partial charge in [-0.05, 0) is 72.3 Å². The van der Waals surface area contributed by atoms with Crippen molar-refractivity contribution in [3.63, 3.8) is 0 Å². The summed E-state index contributed by atoms with van der Waals surface area (Å²) in [6, 6.07) is 14.7. The number of Topliss-reactive ketones (excluding diaryl/α,β-unsaturated/α-hetero) is 3. The molecule has 16 nitrogen and oxygen atoms in total. The molecule has 2 aliphatic heterocycles. The van der Waals surface area contributed by atoms with Crippen molar-refractivity contribution >= 4 is 58.8 Å². The number of carbonyl (C=O) groups is 8. The van der Waals surface area contributed by atoms with Crippen LogP contribution in [0.15, 0.2) is 54.6 Å². The highest BCUT2D eigenvalue weighted by Crippen LogP contribution is 2.34. The number of thioether (sulfide) groups is 1. The maximum atomic E-state index is 15.0. The summed E-state index contributed by atoms with van der Waals surface area (Å²) in [5, 5.41) is 10.7. The number of aliphatic hydroxyl groups is 1. The van der Waals surface area contributed by atoms with Gasteiger partial charge in [-0.3, -0.25) is 38.5 Å². The minimum absolute atomic E-state index is 0.0254. The summed E-state index contributed by atoms with van der Waals surface area (Å²) in [4.78, 5) is 115. The highest BCUT2D eigenvalue weighted by molar-refractivity contribution is 8.00. The fourth-order valence-corrected chi connectivity index (χ4v) is 12.6. The first-order valence-corrected chi connectivity index (χ1v) is 30.0. The van der Waals surface area contributed by atoms with E-state index in [1.807, 2.05) is 104 Å². The lowest BCUT2D eigenvalue weighted by atomic mass is 9.76. The molecule has 0 aliphatic carbocycles. The molecular weight excluding hydrogens is 1020 g/mol. The largest absolute Gasteiger partial charge is 0.445 e. The number of carbonyl (C=O) groups excluding carboxylic acids is 8. The SMILES string of the molecule is CC[C@H](C)[C@@H]([C@@H](CC(=O)N1CCC[C@H]1[C@H](OC)[C@@H](C)C(=O)C[C@H](C)[C@@H](O)c1ccccc1)OC)N(C)C(=O)[C@H](C(C)C)C(C)C(=O)[C@H](C(C)C)N(C)C(=O)OCc1ccc(CC(=O)CCCCCN2C(=O)CC(SC)C2=O)cc1. The third-order valence-corrected chi connectivity index (χ3v) is 17.7. The van der Waals surface area contributed by atoms with Crippen molar-refractivity contribution in [3.05, 3.63) is 71.3 Å². The van der Waals surface area contributed by atoms with Crippen LogP contribution in [0.1, 0.15) is 149 Å². The highest BCUT2D eigenvalue weighted by atomic mass is 32.2. The number of rotatable bonds is 33. The molecule has 79 heavy (non-hydrogen) atoms. The smallest absolute Gasteiger partial charge is 0.410 e. The first-order valence-electron chi connectivity index (χ1n) is 28.7. The quantitative estimate of drug-likeness (QED) is 0.0525. The molecule has 12 atom stereocenters. The molecule has 2 saturated heterocycles. The van der Waals surface area contributed by atoms with E-state index >= 15 is 0 Å². The van der Waals surface area contributed by atoms with Gasteiger partial charge in [0.15, 0.2) is 5.78 Å². The average Bonchev–Trinajstić information content (AvgIpc) is 4.03. The molecule has 2 aromatic carbocycles. The second-order valence-electron chi connectivity index (χ2n) is 23.1. The molecule has 2 aromatic rings. The van der Waals surface area contributed by atoms with Crippen molar-refractivity contribution in [1.82, 2.24) is 19.6 Å². The summed E-state index contributed by atoms with van der Waals surface area (Å²) in [6.45, 7) is 17.8. The topological polar surface area (TPSA) is 197 Å². The molecule has 440 valence electrons. The van der Waals surface area contributed by atoms with E-state index in [4.69, 9.17) is 14.2 Å². The molecule has 4 rings (SSSR count). The summed E-state index contributed by atoms with van der Waals surface area (Å²) >= 11 is 1.40. The number of unbranched alkanes of at least 4 members (excludes halogenated alkanes) is 2. The number of nitrogens with zero attached hydrogens (tertiary/aromatic N) is 4. The Hall–Kier alpha value is -4.97. The third kappa shape index (κ3) is 17.8. The van der Waals surface area contributed by atoms with Gasteiger partial charge in [0, 0.05) is 84.8 Å². The van der Waals surface area contributed by atoms with Crippen LogP contribution >= 0.6 is 11.8 Å². The summed E-state index contributed by atoms with van der Waals surface area (Å²) in [5.41, 5.74) is 2.28. The summed E-state index contributed by atoms with van der Waals surface area (Å²) in [6.07, 6.45) is 4.19. The maximum absolute atomic E-state index is 15.0. The number of amides is 5. The van der Waals surface area contributed by atoms with Crippen molar-refractivity contribution in [2.75, 3.05) is 47.7 Å². The number of aliphatic hydroxyl groups excluding tert-OH is 1. The molecule has 17 heteroatoms. The second-order valence-corrected chi connectivity index (χ2v) is 24.1. The number of hydrogen-bond acceptors (Lipinski definition) is 13. The second kappa shape index (κ2) is 31.9. The summed E-state index contributed by atoms with van der Waals surface area (Å²) in [7, 11) is 6.36. The van der Waals surface area contributed by atoms with E-state index in [2.05, 4.69) is 0 Å². The summed E-state index contributed by atoms with van der Waals surface area (Å²) in [5.74, 6) is -4.09. The van der Waals surface area contributed by atoms with E-state index in [-0.39, 0.29) is 108 Å². The molecule has 0 saturated carbocycles. The molecule has 5 amide bonds. The lowest BCUT2D eigenvalue weighted by molar-refractivity contribution is -0.151. The van der Waals surface area contributed by atoms with Crippen molar-refractivity contribution < 1.29 is 57.7 Å². The zero-order valence-corrected chi connectivity index (χ0v) is 50.6. The Labute approximate surface area is 475 Å². The molecule has 0 spiro atoms. The number of ether oxygens (including phenoxy) is 3. The lowest BCUT2D eigenvalue weighted by Crippen LogP contribution is -2.56. The lowest BCUT2D eigenvalue weighted by Gasteiger charge is -2.42. The molecule has 2 heterocycles. The maximum Gasteiger partial charge on any atom is 0.410 e. The Bertz CT molecular complexity index is 2330. The minimum Gasteiger partial charge on any atom is -0.445 e. The number of benzene rings is 2. The summed E-state index contributed by atoms with van der Waals surface area (Å²) < 4.78 is 17.9. The van der Waals surface area contributed by atoms with Crippen molar-refractivity contribution in [2.24, 2.45) is 41.4 Å². The Morgan fingerprint density at radius 1 is 0.785 bits per heavy atom. The highest BCUT2D eigenvalue weighted by Gasteiger charge is 2.46. The molecule has 2 fully saturated rings. The van der Waals surface area contributed by atoms with Crippen LogP contribution in [0.4, 0.5) is 4.79 Å². The fraction of sp³-hybridized carbons (Fsp3) is 0.677. The van der Waals surface area contributed by atoms with Crippen molar-refractivity contribution in [1.29, 1.82) is 0 Å². The van der Waals surface area contributed by atoms with Gasteiger partial charge in [0.2, 0.25) is 23.6 Å². The van der Waals surface area contributed by atoms with Gasteiger partial charge in [0.25, 0.3) is 0 Å². The Kier molecular flexibility index (Phi) is 26.8. The molecule has 0 radical (unpaired) electrons. The van der Waals surface area contributed by atoms with Gasteiger partial charge in [-0.25, -0.2) is 4.79 Å². The number of imide groups is 1. The van der Waals surface area contributed by atoms with Gasteiger partial charge in [0.05, 0.1) is 48.1 Å². The van der Waals surface area contributed by atoms with Crippen LogP contribution in [0, 0.1) is 41.4 Å². The Morgan fingerprint density at radius 3 is 2.00 bits per heavy atom. The van der Waals surface area contributed by atoms with Gasteiger partial charge in [-0.2, -0.15) is 11.8 Å². The van der Waals surface area contributed by atoms with Crippen LogP contribution in [-0.4, -0.2) is 155 Å². The van der Waals surface area contributed by atoms with Gasteiger partial charge < -0.3 is 34.0 Å². The number of likely N-dealkylation sites (N-methyl/N-ethyl adjacent to an activating group) is 2. The Balaban J connectivity index is 1.36. The van der Waals surface area contributed by atoms with Crippen LogP contribution in [0.2, 0.25) is 0 Å². The molecular formula is C62H94N4O12S. The van der Waals surface area contributed by atoms with Crippen LogP contribution in [0.5, 0.6) is 0 Å². The zero-order chi connectivity index (χ0) is 58.8. The van der Waals surface area contributed by atoms with E-state index in [0.717, 1.165) is 24.0 Å². The average molecular weight is 1120 g/mol. The predicted molar refractivity (Wildman–Crippen MR) is 308 cm³/mol. The van der Waals surface area contributed by atoms with E-state index < -0.39 is 54.2 Å².